The van der Waals surface area contributed by atoms with Gasteiger partial charge in [0, 0.05) is 24.5 Å². The van der Waals surface area contributed by atoms with E-state index in [1.165, 1.54) is 0 Å². The molecular formula is C17H24N4O2. The zero-order valence-corrected chi connectivity index (χ0v) is 14.0. The first-order valence-corrected chi connectivity index (χ1v) is 7.65. The lowest BCUT2D eigenvalue weighted by Gasteiger charge is -2.19. The van der Waals surface area contributed by atoms with Gasteiger partial charge in [-0.1, -0.05) is 12.1 Å². The normalized spacial score (nSPS) is 12.7. The maximum absolute atomic E-state index is 11.7. The predicted molar refractivity (Wildman–Crippen MR) is 90.1 cm³/mol. The summed E-state index contributed by atoms with van der Waals surface area (Å²) >= 11 is 0. The fraction of sp³-hybridized carbons (Fsp3) is 0.412. The maximum Gasteiger partial charge on any atom is 0.412 e. The topological polar surface area (TPSA) is 79.0 Å². The third-order valence-corrected chi connectivity index (χ3v) is 3.20. The Balaban J connectivity index is 1.83. The molecular weight excluding hydrogens is 292 g/mol. The summed E-state index contributed by atoms with van der Waals surface area (Å²) in [5, 5.41) is 13.0. The summed E-state index contributed by atoms with van der Waals surface area (Å²) < 4.78 is 5.22. The number of aromatic nitrogens is 2. The van der Waals surface area contributed by atoms with Gasteiger partial charge in [-0.05, 0) is 51.5 Å². The van der Waals surface area contributed by atoms with Crippen molar-refractivity contribution in [1.82, 2.24) is 15.5 Å². The van der Waals surface area contributed by atoms with Crippen LogP contribution in [0.2, 0.25) is 0 Å². The number of hydrogen-bond donors (Lipinski definition) is 3. The van der Waals surface area contributed by atoms with E-state index in [1.54, 1.807) is 6.20 Å². The Hall–Kier alpha value is -2.34. The Labute approximate surface area is 136 Å². The molecule has 0 aliphatic rings. The lowest BCUT2D eigenvalue weighted by Crippen LogP contribution is -2.27. The number of aromatic amines is 1. The molecule has 0 aliphatic heterocycles. The van der Waals surface area contributed by atoms with Crippen molar-refractivity contribution < 1.29 is 9.53 Å². The molecule has 1 atom stereocenters. The van der Waals surface area contributed by atoms with Crippen molar-refractivity contribution in [3.63, 3.8) is 0 Å². The van der Waals surface area contributed by atoms with E-state index in [1.807, 2.05) is 51.1 Å². The van der Waals surface area contributed by atoms with Crippen molar-refractivity contribution in [2.75, 3.05) is 5.32 Å². The molecule has 0 fully saturated rings. The molecule has 6 nitrogen and oxygen atoms in total. The van der Waals surface area contributed by atoms with Crippen LogP contribution in [0.15, 0.2) is 36.5 Å². The van der Waals surface area contributed by atoms with Crippen LogP contribution in [0, 0.1) is 0 Å². The Bertz CT molecular complexity index is 615. The van der Waals surface area contributed by atoms with Gasteiger partial charge >= 0.3 is 6.09 Å². The molecule has 124 valence electrons. The summed E-state index contributed by atoms with van der Waals surface area (Å²) in [6.45, 7) is 8.31. The van der Waals surface area contributed by atoms with Crippen LogP contribution in [0.1, 0.15) is 45.0 Å². The molecule has 3 N–H and O–H groups in total. The highest BCUT2D eigenvalue weighted by Gasteiger charge is 2.16. The molecule has 0 saturated carbocycles. The van der Waals surface area contributed by atoms with Gasteiger partial charge in [0.05, 0.1) is 5.69 Å². The molecule has 6 heteroatoms. The first-order valence-electron chi connectivity index (χ1n) is 7.65. The number of anilines is 1. The van der Waals surface area contributed by atoms with Crippen molar-refractivity contribution in [2.24, 2.45) is 0 Å². The van der Waals surface area contributed by atoms with E-state index >= 15 is 0 Å². The van der Waals surface area contributed by atoms with Gasteiger partial charge in [-0.3, -0.25) is 10.4 Å². The zero-order chi connectivity index (χ0) is 16.9. The van der Waals surface area contributed by atoms with E-state index in [-0.39, 0.29) is 6.04 Å². The Morgan fingerprint density at radius 2 is 1.96 bits per heavy atom. The van der Waals surface area contributed by atoms with Crippen LogP contribution in [0.5, 0.6) is 0 Å². The largest absolute Gasteiger partial charge is 0.444 e. The number of hydrogen-bond acceptors (Lipinski definition) is 4. The summed E-state index contributed by atoms with van der Waals surface area (Å²) in [6, 6.07) is 9.81. The van der Waals surface area contributed by atoms with Crippen LogP contribution in [0.4, 0.5) is 10.5 Å². The van der Waals surface area contributed by atoms with Crippen LogP contribution >= 0.6 is 0 Å². The highest BCUT2D eigenvalue weighted by Crippen LogP contribution is 2.14. The average molecular weight is 316 g/mol. The molecule has 1 unspecified atom stereocenters. The quantitative estimate of drug-likeness (QED) is 0.787. The van der Waals surface area contributed by atoms with Crippen LogP contribution in [-0.2, 0) is 11.3 Å². The Morgan fingerprint density at radius 3 is 2.52 bits per heavy atom. The minimum atomic E-state index is -0.503. The number of nitrogens with zero attached hydrogens (tertiary/aromatic N) is 1. The number of amides is 1. The molecule has 1 aromatic carbocycles. The molecule has 0 spiro atoms. The van der Waals surface area contributed by atoms with Gasteiger partial charge in [0.15, 0.2) is 0 Å². The number of carbonyl (C=O) groups is 1. The molecule has 1 heterocycles. The molecule has 0 radical (unpaired) electrons. The third kappa shape index (κ3) is 5.75. The average Bonchev–Trinajstić information content (AvgIpc) is 2.98. The second-order valence-corrected chi connectivity index (χ2v) is 6.44. The van der Waals surface area contributed by atoms with Crippen molar-refractivity contribution in [1.29, 1.82) is 0 Å². The molecule has 1 amide bonds. The highest BCUT2D eigenvalue weighted by atomic mass is 16.6. The van der Waals surface area contributed by atoms with Crippen molar-refractivity contribution in [3.05, 3.63) is 47.8 Å². The van der Waals surface area contributed by atoms with Gasteiger partial charge < -0.3 is 10.1 Å². The number of rotatable bonds is 5. The minimum Gasteiger partial charge on any atom is -0.444 e. The Morgan fingerprint density at radius 1 is 1.26 bits per heavy atom. The van der Waals surface area contributed by atoms with E-state index in [9.17, 15) is 4.79 Å². The van der Waals surface area contributed by atoms with Crippen molar-refractivity contribution in [2.45, 2.75) is 45.9 Å². The van der Waals surface area contributed by atoms with E-state index in [2.05, 4.69) is 27.8 Å². The predicted octanol–water partition coefficient (Wildman–Crippen LogP) is 3.61. The fourth-order valence-corrected chi connectivity index (χ4v) is 2.02. The van der Waals surface area contributed by atoms with Crippen LogP contribution in [0.3, 0.4) is 0 Å². The molecule has 2 aromatic rings. The zero-order valence-electron chi connectivity index (χ0n) is 14.0. The van der Waals surface area contributed by atoms with Gasteiger partial charge in [-0.15, -0.1) is 0 Å². The Kier molecular flexibility index (Phi) is 5.39. The van der Waals surface area contributed by atoms with E-state index in [0.717, 1.165) is 17.8 Å². The third-order valence-electron chi connectivity index (χ3n) is 3.20. The molecule has 23 heavy (non-hydrogen) atoms. The molecule has 0 bridgehead atoms. The van der Waals surface area contributed by atoms with Gasteiger partial charge in [-0.2, -0.15) is 5.10 Å². The second kappa shape index (κ2) is 7.28. The first kappa shape index (κ1) is 17.0. The van der Waals surface area contributed by atoms with Crippen molar-refractivity contribution in [3.8, 4) is 0 Å². The smallest absolute Gasteiger partial charge is 0.412 e. The monoisotopic (exact) mass is 316 g/mol. The second-order valence-electron chi connectivity index (χ2n) is 6.44. The number of carbonyl (C=O) groups excluding carboxylic acids is 1. The van der Waals surface area contributed by atoms with Crippen LogP contribution < -0.4 is 10.6 Å². The molecule has 0 saturated heterocycles. The minimum absolute atomic E-state index is 0.192. The summed E-state index contributed by atoms with van der Waals surface area (Å²) in [4.78, 5) is 11.7. The van der Waals surface area contributed by atoms with E-state index < -0.39 is 11.7 Å². The van der Waals surface area contributed by atoms with Crippen LogP contribution in [-0.4, -0.2) is 21.9 Å². The van der Waals surface area contributed by atoms with Gasteiger partial charge in [0.25, 0.3) is 0 Å². The SMILES string of the molecule is CC(NCc1ccc(NC(=O)OC(C)(C)C)cc1)c1ccn[nH]1. The van der Waals surface area contributed by atoms with Gasteiger partial charge in [0.2, 0.25) is 0 Å². The summed E-state index contributed by atoms with van der Waals surface area (Å²) in [5.74, 6) is 0. The number of ether oxygens (including phenoxy) is 1. The fourth-order valence-electron chi connectivity index (χ4n) is 2.02. The van der Waals surface area contributed by atoms with Crippen LogP contribution in [0.25, 0.3) is 0 Å². The highest BCUT2D eigenvalue weighted by molar-refractivity contribution is 5.84. The number of nitrogens with one attached hydrogen (secondary N) is 3. The van der Waals surface area contributed by atoms with Gasteiger partial charge in [-0.25, -0.2) is 4.79 Å². The number of H-pyrrole nitrogens is 1. The van der Waals surface area contributed by atoms with Gasteiger partial charge in [0.1, 0.15) is 5.60 Å². The maximum atomic E-state index is 11.7. The summed E-state index contributed by atoms with van der Waals surface area (Å²) in [7, 11) is 0. The van der Waals surface area contributed by atoms with Crippen molar-refractivity contribution >= 4 is 11.8 Å². The standard InChI is InChI=1S/C17H24N4O2/c1-12(15-9-10-19-21-15)18-11-13-5-7-14(8-6-13)20-16(22)23-17(2,3)4/h5-10,12,18H,11H2,1-4H3,(H,19,21)(H,20,22). The number of benzene rings is 1. The lowest BCUT2D eigenvalue weighted by atomic mass is 10.2. The molecule has 1 aromatic heterocycles. The first-order chi connectivity index (χ1) is 10.8. The summed E-state index contributed by atoms with van der Waals surface area (Å²) in [6.07, 6.45) is 1.29. The van der Waals surface area contributed by atoms with E-state index in [0.29, 0.717) is 5.69 Å². The summed E-state index contributed by atoms with van der Waals surface area (Å²) in [5.41, 5.74) is 2.39. The van der Waals surface area contributed by atoms with E-state index in [4.69, 9.17) is 4.74 Å². The molecule has 0 aliphatic carbocycles. The molecule has 2 rings (SSSR count). The lowest BCUT2D eigenvalue weighted by molar-refractivity contribution is 0.0636.